The van der Waals surface area contributed by atoms with Crippen molar-refractivity contribution in [1.82, 2.24) is 0 Å². The second-order valence-corrected chi connectivity index (χ2v) is 5.15. The largest absolute Gasteiger partial charge is 0.496 e. The molecule has 0 radical (unpaired) electrons. The molecule has 2 atom stereocenters. The van der Waals surface area contributed by atoms with E-state index in [0.717, 1.165) is 43.3 Å². The third-order valence-electron chi connectivity index (χ3n) is 3.83. The van der Waals surface area contributed by atoms with Crippen molar-refractivity contribution in [2.45, 2.75) is 44.5 Å². The molecule has 0 amide bonds. The van der Waals surface area contributed by atoms with Gasteiger partial charge >= 0.3 is 0 Å². The molecule has 1 aliphatic carbocycles. The van der Waals surface area contributed by atoms with Crippen LogP contribution in [0.4, 0.5) is 0 Å². The van der Waals surface area contributed by atoms with Gasteiger partial charge in [-0.1, -0.05) is 0 Å². The second-order valence-electron chi connectivity index (χ2n) is 5.15. The van der Waals surface area contributed by atoms with Gasteiger partial charge in [-0.2, -0.15) is 0 Å². The Morgan fingerprint density at radius 2 is 2.05 bits per heavy atom. The van der Waals surface area contributed by atoms with Gasteiger partial charge in [0.25, 0.3) is 0 Å². The summed E-state index contributed by atoms with van der Waals surface area (Å²) < 4.78 is 16.7. The lowest BCUT2D eigenvalue weighted by Crippen LogP contribution is -2.27. The Balaban J connectivity index is 1.97. The van der Waals surface area contributed by atoms with Crippen molar-refractivity contribution in [3.05, 3.63) is 29.3 Å². The van der Waals surface area contributed by atoms with E-state index in [4.69, 9.17) is 14.2 Å². The molecule has 110 valence electrons. The molecule has 0 N–H and O–H groups in total. The number of hydrogen-bond acceptors (Lipinski definition) is 4. The molecule has 20 heavy (non-hydrogen) atoms. The lowest BCUT2D eigenvalue weighted by Gasteiger charge is -2.28. The van der Waals surface area contributed by atoms with Crippen molar-refractivity contribution in [3.63, 3.8) is 0 Å². The number of carbonyl (C=O) groups excluding carboxylic acids is 1. The summed E-state index contributed by atoms with van der Waals surface area (Å²) >= 11 is 0. The van der Waals surface area contributed by atoms with Gasteiger partial charge < -0.3 is 14.2 Å². The van der Waals surface area contributed by atoms with Crippen LogP contribution in [-0.4, -0.2) is 32.7 Å². The van der Waals surface area contributed by atoms with E-state index < -0.39 is 0 Å². The number of ether oxygens (including phenoxy) is 3. The average Bonchev–Trinajstić information content (AvgIpc) is 2.52. The van der Waals surface area contributed by atoms with Crippen LogP contribution in [0.15, 0.2) is 18.2 Å². The molecule has 4 nitrogen and oxygen atoms in total. The molecule has 0 heterocycles. The summed E-state index contributed by atoms with van der Waals surface area (Å²) in [5.74, 6) is 0.759. The maximum absolute atomic E-state index is 10.8. The molecule has 1 saturated carbocycles. The van der Waals surface area contributed by atoms with Crippen molar-refractivity contribution in [1.29, 1.82) is 0 Å². The Hall–Kier alpha value is -1.39. The first-order chi connectivity index (χ1) is 9.76. The predicted octanol–water partition coefficient (Wildman–Crippen LogP) is 2.98. The highest BCUT2D eigenvalue weighted by atomic mass is 16.5. The third-order valence-corrected chi connectivity index (χ3v) is 3.83. The maximum Gasteiger partial charge on any atom is 0.150 e. The summed E-state index contributed by atoms with van der Waals surface area (Å²) in [5.41, 5.74) is 1.56. The van der Waals surface area contributed by atoms with Crippen molar-refractivity contribution >= 4 is 6.29 Å². The van der Waals surface area contributed by atoms with Crippen LogP contribution in [0.5, 0.6) is 5.75 Å². The monoisotopic (exact) mass is 278 g/mol. The van der Waals surface area contributed by atoms with E-state index in [2.05, 4.69) is 0 Å². The molecule has 0 spiro atoms. The van der Waals surface area contributed by atoms with Gasteiger partial charge in [0.2, 0.25) is 0 Å². The minimum atomic E-state index is 0.221. The molecule has 2 unspecified atom stereocenters. The lowest BCUT2D eigenvalue weighted by atomic mass is 9.95. The number of methoxy groups -OCH3 is 2. The molecule has 1 aromatic carbocycles. The summed E-state index contributed by atoms with van der Waals surface area (Å²) in [6.45, 7) is 0.464. The van der Waals surface area contributed by atoms with E-state index in [1.807, 2.05) is 6.07 Å². The zero-order valence-corrected chi connectivity index (χ0v) is 12.1. The van der Waals surface area contributed by atoms with Crippen LogP contribution in [0.2, 0.25) is 0 Å². The van der Waals surface area contributed by atoms with Gasteiger partial charge in [-0.05, 0) is 43.9 Å². The number of carbonyl (C=O) groups is 1. The fourth-order valence-electron chi connectivity index (χ4n) is 2.66. The number of hydrogen-bond donors (Lipinski definition) is 0. The molecular weight excluding hydrogens is 256 g/mol. The highest BCUT2D eigenvalue weighted by molar-refractivity contribution is 5.75. The smallest absolute Gasteiger partial charge is 0.150 e. The second kappa shape index (κ2) is 7.41. The Kier molecular flexibility index (Phi) is 5.56. The normalized spacial score (nSPS) is 22.5. The zero-order chi connectivity index (χ0) is 14.4. The minimum absolute atomic E-state index is 0.221. The van der Waals surface area contributed by atoms with Crippen molar-refractivity contribution in [2.75, 3.05) is 14.2 Å². The van der Waals surface area contributed by atoms with Crippen molar-refractivity contribution < 1.29 is 19.0 Å². The first-order valence-corrected chi connectivity index (χ1v) is 7.03. The van der Waals surface area contributed by atoms with Gasteiger partial charge in [-0.15, -0.1) is 0 Å². The van der Waals surface area contributed by atoms with Crippen LogP contribution in [0.3, 0.4) is 0 Å². The topological polar surface area (TPSA) is 44.8 Å². The third kappa shape index (κ3) is 3.81. The van der Waals surface area contributed by atoms with E-state index in [1.165, 1.54) is 0 Å². The van der Waals surface area contributed by atoms with Gasteiger partial charge in [0.1, 0.15) is 12.0 Å². The van der Waals surface area contributed by atoms with Gasteiger partial charge in [-0.3, -0.25) is 4.79 Å². The summed E-state index contributed by atoms with van der Waals surface area (Å²) in [5, 5.41) is 0. The Bertz CT molecular complexity index is 444. The molecule has 1 aliphatic rings. The number of rotatable bonds is 6. The SMILES string of the molecule is COc1ccc(C=O)cc1COC1CCCC(OC)C1. The van der Waals surface area contributed by atoms with Crippen LogP contribution in [0.1, 0.15) is 41.6 Å². The lowest BCUT2D eigenvalue weighted by molar-refractivity contribution is -0.0367. The molecule has 1 aromatic rings. The average molecular weight is 278 g/mol. The summed E-state index contributed by atoms with van der Waals surface area (Å²) in [6, 6.07) is 5.38. The highest BCUT2D eigenvalue weighted by Crippen LogP contribution is 2.26. The summed E-state index contributed by atoms with van der Waals surface area (Å²) in [7, 11) is 3.38. The molecule has 4 heteroatoms. The first kappa shape index (κ1) is 15.0. The van der Waals surface area contributed by atoms with Gasteiger partial charge in [0, 0.05) is 18.2 Å². The van der Waals surface area contributed by atoms with Crippen LogP contribution in [0, 0.1) is 0 Å². The Labute approximate surface area is 120 Å². The number of benzene rings is 1. The molecule has 0 bridgehead atoms. The number of aldehydes is 1. The maximum atomic E-state index is 10.8. The molecular formula is C16H22O4. The van der Waals surface area contributed by atoms with Gasteiger partial charge in [0.05, 0.1) is 25.9 Å². The fourth-order valence-corrected chi connectivity index (χ4v) is 2.66. The van der Waals surface area contributed by atoms with Crippen LogP contribution >= 0.6 is 0 Å². The van der Waals surface area contributed by atoms with E-state index >= 15 is 0 Å². The molecule has 0 aromatic heterocycles. The molecule has 2 rings (SSSR count). The van der Waals surface area contributed by atoms with Crippen LogP contribution in [-0.2, 0) is 16.1 Å². The highest BCUT2D eigenvalue weighted by Gasteiger charge is 2.22. The Morgan fingerprint density at radius 3 is 2.75 bits per heavy atom. The van der Waals surface area contributed by atoms with Gasteiger partial charge in [-0.25, -0.2) is 0 Å². The van der Waals surface area contributed by atoms with Gasteiger partial charge in [0.15, 0.2) is 0 Å². The van der Waals surface area contributed by atoms with Crippen LogP contribution < -0.4 is 4.74 Å². The van der Waals surface area contributed by atoms with Crippen molar-refractivity contribution in [3.8, 4) is 5.75 Å². The van der Waals surface area contributed by atoms with E-state index in [9.17, 15) is 4.79 Å². The predicted molar refractivity (Wildman–Crippen MR) is 76.2 cm³/mol. The molecule has 0 aliphatic heterocycles. The fraction of sp³-hybridized carbons (Fsp3) is 0.562. The molecule has 1 fully saturated rings. The zero-order valence-electron chi connectivity index (χ0n) is 12.1. The van der Waals surface area contributed by atoms with E-state index in [-0.39, 0.29) is 6.10 Å². The van der Waals surface area contributed by atoms with E-state index in [0.29, 0.717) is 18.3 Å². The standard InChI is InChI=1S/C16H22O4/c1-18-14-4-3-5-15(9-14)20-11-13-8-12(10-17)6-7-16(13)19-2/h6-8,10,14-15H,3-5,9,11H2,1-2H3. The first-order valence-electron chi connectivity index (χ1n) is 7.03. The van der Waals surface area contributed by atoms with Crippen LogP contribution in [0.25, 0.3) is 0 Å². The quantitative estimate of drug-likeness (QED) is 0.750. The summed E-state index contributed by atoms with van der Waals surface area (Å²) in [6.07, 6.45) is 5.61. The minimum Gasteiger partial charge on any atom is -0.496 e. The molecule has 0 saturated heterocycles. The van der Waals surface area contributed by atoms with E-state index in [1.54, 1.807) is 26.4 Å². The van der Waals surface area contributed by atoms with Crippen molar-refractivity contribution in [2.24, 2.45) is 0 Å². The summed E-state index contributed by atoms with van der Waals surface area (Å²) in [4.78, 5) is 10.8. The Morgan fingerprint density at radius 1 is 1.25 bits per heavy atom.